The molecule has 0 aliphatic rings. The van der Waals surface area contributed by atoms with E-state index in [4.69, 9.17) is 10.3 Å². The van der Waals surface area contributed by atoms with E-state index in [1.54, 1.807) is 31.2 Å². The molecule has 0 fully saturated rings. The maximum absolute atomic E-state index is 11.5. The quantitative estimate of drug-likeness (QED) is 0.856. The van der Waals surface area contributed by atoms with Gasteiger partial charge in [-0.1, -0.05) is 18.2 Å². The van der Waals surface area contributed by atoms with Crippen LogP contribution in [-0.4, -0.2) is 16.8 Å². The van der Waals surface area contributed by atoms with Gasteiger partial charge in [-0.15, -0.1) is 0 Å². The zero-order valence-corrected chi connectivity index (χ0v) is 14.4. The third kappa shape index (κ3) is 4.17. The van der Waals surface area contributed by atoms with Crippen LogP contribution < -0.4 is 10.3 Å². The first-order valence-corrected chi connectivity index (χ1v) is 9.82. The van der Waals surface area contributed by atoms with Crippen LogP contribution in [0.5, 0.6) is 0 Å². The van der Waals surface area contributed by atoms with Crippen LogP contribution >= 0.6 is 0 Å². The van der Waals surface area contributed by atoms with E-state index in [9.17, 15) is 16.8 Å². The molecule has 0 unspecified atom stereocenters. The lowest BCUT2D eigenvalue weighted by Crippen LogP contribution is -2.14. The van der Waals surface area contributed by atoms with Crippen molar-refractivity contribution in [3.8, 4) is 0 Å². The van der Waals surface area contributed by atoms with Gasteiger partial charge in [0.25, 0.3) is 0 Å². The van der Waals surface area contributed by atoms with E-state index in [1.165, 1.54) is 12.1 Å². The molecule has 124 valence electrons. The smallest absolute Gasteiger partial charge is 0.225 e. The Morgan fingerprint density at radius 1 is 0.826 bits per heavy atom. The Morgan fingerprint density at radius 2 is 1.39 bits per heavy atom. The molecule has 0 aromatic heterocycles. The molecule has 0 aliphatic carbocycles. The molecule has 0 amide bonds. The van der Waals surface area contributed by atoms with Gasteiger partial charge >= 0.3 is 0 Å². The number of hydrogen-bond acceptors (Lipinski definition) is 4. The van der Waals surface area contributed by atoms with E-state index in [1.807, 2.05) is 6.92 Å². The van der Waals surface area contributed by atoms with Gasteiger partial charge in [0.15, 0.2) is 0 Å². The van der Waals surface area contributed by atoms with E-state index < -0.39 is 20.0 Å². The number of sulfonamides is 2. The van der Waals surface area contributed by atoms with E-state index in [2.05, 4.69) is 0 Å². The summed E-state index contributed by atoms with van der Waals surface area (Å²) in [5.74, 6) is 0. The van der Waals surface area contributed by atoms with Gasteiger partial charge in [0.1, 0.15) is 0 Å². The highest BCUT2D eigenvalue weighted by molar-refractivity contribution is 7.89. The van der Waals surface area contributed by atoms with E-state index in [0.717, 1.165) is 16.7 Å². The average Bonchev–Trinajstić information content (AvgIpc) is 2.41. The van der Waals surface area contributed by atoms with Gasteiger partial charge in [-0.05, 0) is 60.7 Å². The fourth-order valence-electron chi connectivity index (χ4n) is 2.36. The van der Waals surface area contributed by atoms with Crippen LogP contribution in [0.15, 0.2) is 46.2 Å². The molecule has 0 bridgehead atoms. The monoisotopic (exact) mass is 354 g/mol. The number of nitrogens with two attached hydrogens (primary N) is 2. The van der Waals surface area contributed by atoms with Gasteiger partial charge in [0.2, 0.25) is 20.0 Å². The molecule has 2 rings (SSSR count). The Kier molecular flexibility index (Phi) is 4.63. The molecule has 6 nitrogen and oxygen atoms in total. The molecular weight excluding hydrogens is 336 g/mol. The Labute approximate surface area is 136 Å². The lowest BCUT2D eigenvalue weighted by molar-refractivity contribution is 0.595. The Hall–Kier alpha value is -1.74. The zero-order chi connectivity index (χ0) is 17.4. The lowest BCUT2D eigenvalue weighted by Gasteiger charge is -2.11. The summed E-state index contributed by atoms with van der Waals surface area (Å²) in [6, 6.07) is 9.60. The molecule has 0 heterocycles. The van der Waals surface area contributed by atoms with Crippen molar-refractivity contribution in [3.05, 3.63) is 58.7 Å². The second kappa shape index (κ2) is 6.04. The molecule has 2 aromatic rings. The van der Waals surface area contributed by atoms with Crippen molar-refractivity contribution in [2.45, 2.75) is 30.1 Å². The van der Waals surface area contributed by atoms with E-state index in [0.29, 0.717) is 12.0 Å². The summed E-state index contributed by atoms with van der Waals surface area (Å²) >= 11 is 0. The number of aryl methyl sites for hydroxylation is 2. The van der Waals surface area contributed by atoms with Crippen molar-refractivity contribution >= 4 is 20.0 Å². The topological polar surface area (TPSA) is 120 Å². The number of benzene rings is 2. The third-order valence-electron chi connectivity index (χ3n) is 3.59. The predicted molar refractivity (Wildman–Crippen MR) is 87.9 cm³/mol. The zero-order valence-electron chi connectivity index (χ0n) is 12.8. The first kappa shape index (κ1) is 17.6. The number of hydrogen-bond donors (Lipinski definition) is 2. The summed E-state index contributed by atoms with van der Waals surface area (Å²) in [7, 11) is -7.46. The van der Waals surface area contributed by atoms with Gasteiger partial charge in [-0.25, -0.2) is 27.1 Å². The van der Waals surface area contributed by atoms with Gasteiger partial charge in [0.05, 0.1) is 9.79 Å². The number of rotatable bonds is 4. The highest BCUT2D eigenvalue weighted by Crippen LogP contribution is 2.22. The second-order valence-electron chi connectivity index (χ2n) is 5.45. The molecule has 23 heavy (non-hydrogen) atoms. The summed E-state index contributed by atoms with van der Waals surface area (Å²) < 4.78 is 45.5. The Bertz CT molecular complexity index is 948. The summed E-state index contributed by atoms with van der Waals surface area (Å²) in [6.45, 7) is 3.49. The highest BCUT2D eigenvalue weighted by atomic mass is 32.2. The number of primary sulfonamides is 2. The lowest BCUT2D eigenvalue weighted by atomic mass is 9.99. The maximum Gasteiger partial charge on any atom is 0.238 e. The van der Waals surface area contributed by atoms with Crippen LogP contribution in [0.25, 0.3) is 0 Å². The largest absolute Gasteiger partial charge is 0.238 e. The summed E-state index contributed by atoms with van der Waals surface area (Å²) in [6.07, 6.45) is 0.544. The first-order valence-electron chi connectivity index (χ1n) is 6.73. The summed E-state index contributed by atoms with van der Waals surface area (Å²) in [5.41, 5.74) is 3.21. The molecule has 0 aliphatic heterocycles. The Balaban J connectivity index is 2.36. The molecule has 0 saturated heterocycles. The fourth-order valence-corrected chi connectivity index (χ4v) is 3.73. The normalized spacial score (nSPS) is 12.3. The minimum atomic E-state index is -3.75. The standard InChI is InChI=1S/C15H18N2O4S2/c1-10-8-15(23(17,20)21)11(2)7-13(10)9-12-3-5-14(6-4-12)22(16,18)19/h3-8H,9H2,1-2H3,(H2,16,18,19)(H2,17,20,21). The van der Waals surface area contributed by atoms with Crippen molar-refractivity contribution in [2.24, 2.45) is 10.3 Å². The van der Waals surface area contributed by atoms with Crippen LogP contribution in [0, 0.1) is 13.8 Å². The van der Waals surface area contributed by atoms with Crippen molar-refractivity contribution < 1.29 is 16.8 Å². The molecule has 8 heteroatoms. The van der Waals surface area contributed by atoms with Crippen molar-refractivity contribution in [1.82, 2.24) is 0 Å². The molecule has 0 saturated carbocycles. The summed E-state index contributed by atoms with van der Waals surface area (Å²) in [5, 5.41) is 10.3. The van der Waals surface area contributed by atoms with Gasteiger partial charge in [0, 0.05) is 0 Å². The van der Waals surface area contributed by atoms with Gasteiger partial charge in [-0.3, -0.25) is 0 Å². The highest BCUT2D eigenvalue weighted by Gasteiger charge is 2.14. The average molecular weight is 354 g/mol. The molecular formula is C15H18N2O4S2. The van der Waals surface area contributed by atoms with Crippen LogP contribution in [-0.2, 0) is 26.5 Å². The third-order valence-corrected chi connectivity index (χ3v) is 5.57. The molecule has 2 aromatic carbocycles. The van der Waals surface area contributed by atoms with Crippen molar-refractivity contribution in [2.75, 3.05) is 0 Å². The Morgan fingerprint density at radius 3 is 1.87 bits per heavy atom. The maximum atomic E-state index is 11.5. The van der Waals surface area contributed by atoms with Crippen LogP contribution in [0.4, 0.5) is 0 Å². The predicted octanol–water partition coefficient (Wildman–Crippen LogP) is 1.19. The minimum Gasteiger partial charge on any atom is -0.225 e. The van der Waals surface area contributed by atoms with E-state index in [-0.39, 0.29) is 9.79 Å². The van der Waals surface area contributed by atoms with Crippen LogP contribution in [0.2, 0.25) is 0 Å². The minimum absolute atomic E-state index is 0.0544. The van der Waals surface area contributed by atoms with Gasteiger partial charge in [-0.2, -0.15) is 0 Å². The van der Waals surface area contributed by atoms with Crippen molar-refractivity contribution in [3.63, 3.8) is 0 Å². The van der Waals surface area contributed by atoms with Crippen LogP contribution in [0.3, 0.4) is 0 Å². The molecule has 0 radical (unpaired) electrons. The van der Waals surface area contributed by atoms with E-state index >= 15 is 0 Å². The second-order valence-corrected chi connectivity index (χ2v) is 8.55. The SMILES string of the molecule is Cc1cc(S(N)(=O)=O)c(C)cc1Cc1ccc(S(N)(=O)=O)cc1. The van der Waals surface area contributed by atoms with Crippen molar-refractivity contribution in [1.29, 1.82) is 0 Å². The summed E-state index contributed by atoms with van der Waals surface area (Å²) in [4.78, 5) is 0.169. The molecule has 0 spiro atoms. The fraction of sp³-hybridized carbons (Fsp3) is 0.200. The molecule has 4 N–H and O–H groups in total. The molecule has 0 atom stereocenters. The van der Waals surface area contributed by atoms with Gasteiger partial charge < -0.3 is 0 Å². The van der Waals surface area contributed by atoms with Crippen LogP contribution in [0.1, 0.15) is 22.3 Å². The first-order chi connectivity index (χ1) is 10.5.